The zero-order chi connectivity index (χ0) is 15.5. The highest BCUT2D eigenvalue weighted by molar-refractivity contribution is 8.11. The number of thiophene rings is 3. The molecule has 3 aromatic heterocycles. The van der Waals surface area contributed by atoms with Gasteiger partial charge in [-0.05, 0) is 60.5 Å². The van der Waals surface area contributed by atoms with E-state index < -0.39 is 0 Å². The third kappa shape index (κ3) is 3.30. The van der Waals surface area contributed by atoms with Gasteiger partial charge >= 0.3 is 0 Å². The lowest BCUT2D eigenvalue weighted by atomic mass is 10.2. The van der Waals surface area contributed by atoms with Crippen LogP contribution in [0, 0.1) is 6.92 Å². The van der Waals surface area contributed by atoms with Crippen LogP contribution in [-0.2, 0) is 0 Å². The van der Waals surface area contributed by atoms with Gasteiger partial charge in [0.15, 0.2) is 0 Å². The molecule has 0 spiro atoms. The summed E-state index contributed by atoms with van der Waals surface area (Å²) in [5.41, 5.74) is 1.36. The molecule has 0 radical (unpaired) electrons. The molecule has 22 heavy (non-hydrogen) atoms. The molecule has 0 unspecified atom stereocenters. The first kappa shape index (κ1) is 15.8. The maximum Gasteiger partial charge on any atom is 0.0471 e. The van der Waals surface area contributed by atoms with Crippen LogP contribution in [0.1, 0.15) is 17.4 Å². The van der Waals surface area contributed by atoms with E-state index in [-0.39, 0.29) is 0 Å². The highest BCUT2D eigenvalue weighted by atomic mass is 32.2. The molecule has 3 rings (SSSR count). The van der Waals surface area contributed by atoms with Gasteiger partial charge in [-0.3, -0.25) is 0 Å². The molecule has 0 aliphatic carbocycles. The van der Waals surface area contributed by atoms with E-state index in [9.17, 15) is 0 Å². The van der Waals surface area contributed by atoms with Gasteiger partial charge in [0.25, 0.3) is 0 Å². The average Bonchev–Trinajstić information content (AvgIpc) is 3.23. The largest absolute Gasteiger partial charge is 0.143 e. The lowest BCUT2D eigenvalue weighted by Gasteiger charge is -1.96. The van der Waals surface area contributed by atoms with Crippen LogP contribution in [0.25, 0.3) is 24.4 Å². The highest BCUT2D eigenvalue weighted by Gasteiger charge is 2.11. The lowest BCUT2D eigenvalue weighted by Crippen LogP contribution is -1.66. The van der Waals surface area contributed by atoms with Gasteiger partial charge in [-0.1, -0.05) is 24.4 Å². The predicted octanol–water partition coefficient (Wildman–Crippen LogP) is 7.75. The summed E-state index contributed by atoms with van der Waals surface area (Å²) in [6.45, 7) is 8.36. The Bertz CT molecular complexity index is 814. The maximum absolute atomic E-state index is 4.15. The smallest absolute Gasteiger partial charge is 0.0471 e. The van der Waals surface area contributed by atoms with Crippen molar-refractivity contribution >= 4 is 50.7 Å². The van der Waals surface area contributed by atoms with E-state index >= 15 is 0 Å². The van der Waals surface area contributed by atoms with Gasteiger partial charge < -0.3 is 0 Å². The van der Waals surface area contributed by atoms with Crippen molar-refractivity contribution in [1.82, 2.24) is 0 Å². The summed E-state index contributed by atoms with van der Waals surface area (Å²) in [4.78, 5) is 7.77. The highest BCUT2D eigenvalue weighted by Crippen LogP contribution is 2.42. The van der Waals surface area contributed by atoms with Crippen molar-refractivity contribution in [2.45, 2.75) is 13.8 Å². The van der Waals surface area contributed by atoms with Gasteiger partial charge in [0.2, 0.25) is 0 Å². The minimum Gasteiger partial charge on any atom is -0.143 e. The van der Waals surface area contributed by atoms with Crippen LogP contribution in [0.3, 0.4) is 0 Å². The number of allylic oxidation sites excluding steroid dienone is 1. The summed E-state index contributed by atoms with van der Waals surface area (Å²) in [5, 5.41) is 4.24. The molecule has 0 saturated carbocycles. The van der Waals surface area contributed by atoms with Crippen molar-refractivity contribution in [3.63, 3.8) is 0 Å². The van der Waals surface area contributed by atoms with Crippen molar-refractivity contribution in [3.05, 3.63) is 64.2 Å². The quantitative estimate of drug-likeness (QED) is 0.448. The number of hydrogen-bond acceptors (Lipinski definition) is 4. The lowest BCUT2D eigenvalue weighted by molar-refractivity contribution is 1.56. The zero-order valence-corrected chi connectivity index (χ0v) is 15.7. The van der Waals surface area contributed by atoms with Crippen LogP contribution in [0.4, 0.5) is 0 Å². The van der Waals surface area contributed by atoms with Crippen LogP contribution in [0.2, 0.25) is 0 Å². The Morgan fingerprint density at radius 2 is 1.77 bits per heavy atom. The summed E-state index contributed by atoms with van der Waals surface area (Å²) in [6.07, 6.45) is 2.04. The van der Waals surface area contributed by atoms with Gasteiger partial charge in [-0.25, -0.2) is 0 Å². The minimum atomic E-state index is 1.11. The monoisotopic (exact) mass is 360 g/mol. The van der Waals surface area contributed by atoms with Gasteiger partial charge in [-0.2, -0.15) is 0 Å². The minimum absolute atomic E-state index is 1.11. The van der Waals surface area contributed by atoms with Crippen LogP contribution in [-0.4, -0.2) is 0 Å². The summed E-state index contributed by atoms with van der Waals surface area (Å²) in [6, 6.07) is 11.0. The van der Waals surface area contributed by atoms with Crippen LogP contribution in [0.15, 0.2) is 53.8 Å². The van der Waals surface area contributed by atoms with E-state index in [0.29, 0.717) is 0 Å². The summed E-state index contributed by atoms with van der Waals surface area (Å²) >= 11 is 7.19. The average molecular weight is 361 g/mol. The third-order valence-corrected chi connectivity index (χ3v) is 7.83. The van der Waals surface area contributed by atoms with Crippen LogP contribution >= 0.6 is 45.8 Å². The Balaban J connectivity index is 1.84. The van der Waals surface area contributed by atoms with E-state index in [0.717, 1.165) is 4.91 Å². The molecule has 0 aromatic carbocycles. The van der Waals surface area contributed by atoms with E-state index in [1.807, 2.05) is 47.0 Å². The summed E-state index contributed by atoms with van der Waals surface area (Å²) in [5.74, 6) is 0. The number of rotatable bonds is 5. The molecule has 0 amide bonds. The maximum atomic E-state index is 4.15. The Labute approximate surface area is 147 Å². The van der Waals surface area contributed by atoms with Crippen molar-refractivity contribution in [3.8, 4) is 19.5 Å². The normalized spacial score (nSPS) is 11.4. The van der Waals surface area contributed by atoms with Crippen LogP contribution in [0.5, 0.6) is 0 Å². The molecule has 0 nitrogen and oxygen atoms in total. The molecule has 112 valence electrons. The Kier molecular flexibility index (Phi) is 5.03. The van der Waals surface area contributed by atoms with Crippen LogP contribution < -0.4 is 0 Å². The van der Waals surface area contributed by atoms with Crippen molar-refractivity contribution in [2.24, 2.45) is 0 Å². The second-order valence-electron chi connectivity index (χ2n) is 4.77. The fourth-order valence-corrected chi connectivity index (χ4v) is 5.89. The second kappa shape index (κ2) is 7.01. The SMILES string of the molecule is C=C(S/C=C\C)c1ccc(-c2ccc(-c3sccc3C)s2)s1. The molecule has 3 heterocycles. The molecule has 0 atom stereocenters. The summed E-state index contributed by atoms with van der Waals surface area (Å²) in [7, 11) is 0. The Morgan fingerprint density at radius 3 is 2.50 bits per heavy atom. The van der Waals surface area contributed by atoms with Gasteiger partial charge in [-0.15, -0.1) is 34.0 Å². The van der Waals surface area contributed by atoms with Crippen molar-refractivity contribution in [1.29, 1.82) is 0 Å². The molecule has 0 N–H and O–H groups in total. The molecule has 3 aromatic rings. The topological polar surface area (TPSA) is 0 Å². The fraction of sp³-hybridized carbons (Fsp3) is 0.111. The molecule has 4 heteroatoms. The number of aryl methyl sites for hydroxylation is 1. The standard InChI is InChI=1S/C18H16S4/c1-4-10-19-13(3)14-5-6-15(21-14)16-7-8-17(22-16)18-12(2)9-11-20-18/h4-11H,3H2,1-2H3/b10-4-. The van der Waals surface area contributed by atoms with Gasteiger partial charge in [0.1, 0.15) is 0 Å². The molecule has 0 aliphatic heterocycles. The van der Waals surface area contributed by atoms with Gasteiger partial charge in [0.05, 0.1) is 0 Å². The van der Waals surface area contributed by atoms with E-state index in [2.05, 4.69) is 54.6 Å². The number of hydrogen-bond donors (Lipinski definition) is 0. The van der Waals surface area contributed by atoms with E-state index in [1.165, 1.54) is 29.9 Å². The van der Waals surface area contributed by atoms with E-state index in [1.54, 1.807) is 11.8 Å². The summed E-state index contributed by atoms with van der Waals surface area (Å²) < 4.78 is 0. The first-order valence-corrected chi connectivity index (χ1v) is 10.3. The fourth-order valence-electron chi connectivity index (χ4n) is 2.05. The molecular formula is C18H16S4. The predicted molar refractivity (Wildman–Crippen MR) is 107 cm³/mol. The Hall–Kier alpha value is -1.07. The van der Waals surface area contributed by atoms with E-state index in [4.69, 9.17) is 0 Å². The first-order chi connectivity index (χ1) is 10.7. The van der Waals surface area contributed by atoms with Crippen molar-refractivity contribution < 1.29 is 0 Å². The van der Waals surface area contributed by atoms with Gasteiger partial charge in [0, 0.05) is 29.3 Å². The Morgan fingerprint density at radius 1 is 1.05 bits per heavy atom. The second-order valence-corrected chi connectivity index (χ2v) is 8.86. The molecule has 0 bridgehead atoms. The first-order valence-electron chi connectivity index (χ1n) is 6.90. The van der Waals surface area contributed by atoms with Crippen molar-refractivity contribution in [2.75, 3.05) is 0 Å². The molecule has 0 aliphatic rings. The zero-order valence-electron chi connectivity index (χ0n) is 12.5. The number of thioether (sulfide) groups is 1. The third-order valence-electron chi connectivity index (χ3n) is 3.16. The molecule has 0 saturated heterocycles. The molecule has 0 fully saturated rings. The molecular weight excluding hydrogens is 344 g/mol.